The van der Waals surface area contributed by atoms with Crippen LogP contribution in [0.5, 0.6) is 0 Å². The Morgan fingerprint density at radius 1 is 1.11 bits per heavy atom. The molecule has 0 aromatic heterocycles. The van der Waals surface area contributed by atoms with Crippen LogP contribution in [0.15, 0.2) is 57.9 Å². The van der Waals surface area contributed by atoms with E-state index in [0.717, 1.165) is 10.0 Å². The lowest BCUT2D eigenvalue weighted by molar-refractivity contribution is 0.581. The summed E-state index contributed by atoms with van der Waals surface area (Å²) in [5, 5.41) is 0. The van der Waals surface area contributed by atoms with Crippen molar-refractivity contribution in [2.24, 2.45) is 0 Å². The van der Waals surface area contributed by atoms with Gasteiger partial charge in [-0.15, -0.1) is 0 Å². The summed E-state index contributed by atoms with van der Waals surface area (Å²) in [7, 11) is -3.50. The van der Waals surface area contributed by atoms with Gasteiger partial charge in [0.15, 0.2) is 0 Å². The zero-order chi connectivity index (χ0) is 13.9. The van der Waals surface area contributed by atoms with Gasteiger partial charge < -0.3 is 5.73 Å². The fraction of sp³-hybridized carbons (Fsp3) is 0.0769. The molecule has 0 bridgehead atoms. The molecule has 0 unspecified atom stereocenters. The van der Waals surface area contributed by atoms with E-state index in [4.69, 9.17) is 5.73 Å². The van der Waals surface area contributed by atoms with Crippen LogP contribution in [-0.2, 0) is 16.6 Å². The van der Waals surface area contributed by atoms with E-state index >= 15 is 0 Å². The zero-order valence-corrected chi connectivity index (χ0v) is 12.4. The van der Waals surface area contributed by atoms with Gasteiger partial charge in [0.2, 0.25) is 10.0 Å². The van der Waals surface area contributed by atoms with E-state index in [0.29, 0.717) is 5.69 Å². The number of nitrogens with two attached hydrogens (primary N) is 1. The Hall–Kier alpha value is -1.37. The maximum atomic E-state index is 12.1. The van der Waals surface area contributed by atoms with E-state index in [2.05, 4.69) is 20.7 Å². The van der Waals surface area contributed by atoms with Gasteiger partial charge in [-0.2, -0.15) is 0 Å². The number of hydrogen-bond donors (Lipinski definition) is 2. The number of sulfonamides is 1. The first-order valence-corrected chi connectivity index (χ1v) is 7.85. The van der Waals surface area contributed by atoms with Crippen molar-refractivity contribution >= 4 is 31.6 Å². The van der Waals surface area contributed by atoms with Crippen LogP contribution >= 0.6 is 15.9 Å². The third-order valence-corrected chi connectivity index (χ3v) is 4.44. The molecule has 19 heavy (non-hydrogen) atoms. The average molecular weight is 341 g/mol. The predicted octanol–water partition coefficient (Wildman–Crippen LogP) is 2.51. The molecule has 0 aliphatic rings. The summed E-state index contributed by atoms with van der Waals surface area (Å²) in [4.78, 5) is 0.234. The zero-order valence-electron chi connectivity index (χ0n) is 10.0. The first kappa shape index (κ1) is 14.0. The number of anilines is 1. The maximum absolute atomic E-state index is 12.1. The summed E-state index contributed by atoms with van der Waals surface area (Å²) >= 11 is 3.25. The van der Waals surface area contributed by atoms with Crippen molar-refractivity contribution in [3.8, 4) is 0 Å². The quantitative estimate of drug-likeness (QED) is 0.840. The number of nitrogens with one attached hydrogen (secondary N) is 1. The molecule has 100 valence electrons. The van der Waals surface area contributed by atoms with Crippen molar-refractivity contribution in [3.63, 3.8) is 0 Å². The Labute approximate surface area is 120 Å². The number of rotatable bonds is 4. The number of benzene rings is 2. The van der Waals surface area contributed by atoms with Gasteiger partial charge in [0.25, 0.3) is 0 Å². The summed E-state index contributed by atoms with van der Waals surface area (Å²) < 4.78 is 27.4. The van der Waals surface area contributed by atoms with Crippen LogP contribution < -0.4 is 10.5 Å². The topological polar surface area (TPSA) is 72.2 Å². The Bertz CT molecular complexity index is 669. The van der Waals surface area contributed by atoms with Gasteiger partial charge >= 0.3 is 0 Å². The summed E-state index contributed by atoms with van der Waals surface area (Å²) in [5.74, 6) is 0. The normalized spacial score (nSPS) is 11.4. The number of halogens is 1. The van der Waals surface area contributed by atoms with Gasteiger partial charge in [-0.25, -0.2) is 13.1 Å². The highest BCUT2D eigenvalue weighted by Crippen LogP contribution is 2.16. The highest BCUT2D eigenvalue weighted by Gasteiger charge is 2.13. The van der Waals surface area contributed by atoms with E-state index in [-0.39, 0.29) is 11.4 Å². The van der Waals surface area contributed by atoms with Gasteiger partial charge in [0.1, 0.15) is 0 Å². The van der Waals surface area contributed by atoms with Crippen LogP contribution in [-0.4, -0.2) is 8.42 Å². The third kappa shape index (κ3) is 3.79. The second-order valence-corrected chi connectivity index (χ2v) is 6.71. The van der Waals surface area contributed by atoms with Gasteiger partial charge in [0, 0.05) is 16.7 Å². The molecule has 2 rings (SSSR count). The molecular formula is C13H13BrN2O2S. The van der Waals surface area contributed by atoms with Crippen LogP contribution in [0.1, 0.15) is 5.56 Å². The molecule has 0 spiro atoms. The summed E-state index contributed by atoms with van der Waals surface area (Å²) in [6, 6.07) is 13.6. The van der Waals surface area contributed by atoms with Crippen molar-refractivity contribution in [3.05, 3.63) is 58.6 Å². The lowest BCUT2D eigenvalue weighted by atomic mass is 10.2. The van der Waals surface area contributed by atoms with Gasteiger partial charge in [0.05, 0.1) is 4.90 Å². The lowest BCUT2D eigenvalue weighted by Crippen LogP contribution is -2.23. The Morgan fingerprint density at radius 2 is 1.79 bits per heavy atom. The molecule has 0 atom stereocenters. The van der Waals surface area contributed by atoms with Crippen LogP contribution in [0.2, 0.25) is 0 Å². The molecule has 6 heteroatoms. The molecule has 0 amide bonds. The van der Waals surface area contributed by atoms with E-state index < -0.39 is 10.0 Å². The van der Waals surface area contributed by atoms with Crippen molar-refractivity contribution in [1.82, 2.24) is 4.72 Å². The highest BCUT2D eigenvalue weighted by atomic mass is 79.9. The fourth-order valence-corrected chi connectivity index (χ4v) is 3.15. The number of nitrogen functional groups attached to an aromatic ring is 1. The van der Waals surface area contributed by atoms with Crippen molar-refractivity contribution in [1.29, 1.82) is 0 Å². The van der Waals surface area contributed by atoms with Crippen LogP contribution in [0.25, 0.3) is 0 Å². The standard InChI is InChI=1S/C13H13BrN2O2S/c14-11-2-1-3-13(8-11)19(17,18)16-9-10-4-6-12(15)7-5-10/h1-8,16H,9,15H2. The van der Waals surface area contributed by atoms with Crippen molar-refractivity contribution in [2.75, 3.05) is 5.73 Å². The SMILES string of the molecule is Nc1ccc(CNS(=O)(=O)c2cccc(Br)c2)cc1. The minimum atomic E-state index is -3.50. The smallest absolute Gasteiger partial charge is 0.240 e. The largest absolute Gasteiger partial charge is 0.399 e. The van der Waals surface area contributed by atoms with Gasteiger partial charge in [-0.1, -0.05) is 34.1 Å². The molecule has 2 aromatic rings. The Kier molecular flexibility index (Phi) is 4.24. The average Bonchev–Trinajstić information content (AvgIpc) is 2.38. The monoisotopic (exact) mass is 340 g/mol. The number of hydrogen-bond acceptors (Lipinski definition) is 3. The second-order valence-electron chi connectivity index (χ2n) is 4.02. The Morgan fingerprint density at radius 3 is 2.42 bits per heavy atom. The van der Waals surface area contributed by atoms with E-state index in [9.17, 15) is 8.42 Å². The molecule has 0 aliphatic heterocycles. The van der Waals surface area contributed by atoms with Crippen LogP contribution in [0, 0.1) is 0 Å². The molecule has 0 heterocycles. The van der Waals surface area contributed by atoms with E-state index in [1.807, 2.05) is 0 Å². The molecule has 0 saturated heterocycles. The van der Waals surface area contributed by atoms with Crippen molar-refractivity contribution in [2.45, 2.75) is 11.4 Å². The summed E-state index contributed by atoms with van der Waals surface area (Å²) in [5.41, 5.74) is 7.08. The van der Waals surface area contributed by atoms with E-state index in [1.54, 1.807) is 48.5 Å². The first-order chi connectivity index (χ1) is 8.97. The molecule has 4 nitrogen and oxygen atoms in total. The minimum absolute atomic E-state index is 0.231. The molecule has 0 radical (unpaired) electrons. The molecular weight excluding hydrogens is 328 g/mol. The third-order valence-electron chi connectivity index (χ3n) is 2.55. The van der Waals surface area contributed by atoms with Gasteiger partial charge in [-0.3, -0.25) is 0 Å². The molecule has 0 fully saturated rings. The maximum Gasteiger partial charge on any atom is 0.240 e. The summed E-state index contributed by atoms with van der Waals surface area (Å²) in [6.45, 7) is 0.231. The first-order valence-electron chi connectivity index (χ1n) is 5.57. The predicted molar refractivity (Wildman–Crippen MR) is 79.0 cm³/mol. The lowest BCUT2D eigenvalue weighted by Gasteiger charge is -2.07. The van der Waals surface area contributed by atoms with Crippen LogP contribution in [0.4, 0.5) is 5.69 Å². The Balaban J connectivity index is 2.12. The molecule has 2 aromatic carbocycles. The van der Waals surface area contributed by atoms with E-state index in [1.165, 1.54) is 0 Å². The molecule has 0 saturated carbocycles. The molecule has 3 N–H and O–H groups in total. The van der Waals surface area contributed by atoms with Gasteiger partial charge in [-0.05, 0) is 35.9 Å². The second kappa shape index (κ2) is 5.73. The van der Waals surface area contributed by atoms with Crippen LogP contribution in [0.3, 0.4) is 0 Å². The molecule has 0 aliphatic carbocycles. The summed E-state index contributed by atoms with van der Waals surface area (Å²) in [6.07, 6.45) is 0. The fourth-order valence-electron chi connectivity index (χ4n) is 1.53. The van der Waals surface area contributed by atoms with Crippen molar-refractivity contribution < 1.29 is 8.42 Å². The minimum Gasteiger partial charge on any atom is -0.399 e. The highest BCUT2D eigenvalue weighted by molar-refractivity contribution is 9.10.